The van der Waals surface area contributed by atoms with E-state index in [1.807, 2.05) is 0 Å². The highest BCUT2D eigenvalue weighted by Crippen LogP contribution is 2.28. The SMILES string of the molecule is CN(C)Cc1cccc2c1CCO2. The molecule has 0 bridgehead atoms. The van der Waals surface area contributed by atoms with E-state index in [1.165, 1.54) is 11.1 Å². The van der Waals surface area contributed by atoms with Crippen molar-refractivity contribution in [3.8, 4) is 5.75 Å². The van der Waals surface area contributed by atoms with Crippen LogP contribution in [0.5, 0.6) is 5.75 Å². The van der Waals surface area contributed by atoms with Gasteiger partial charge in [0.1, 0.15) is 5.75 Å². The van der Waals surface area contributed by atoms with Crippen molar-refractivity contribution in [2.24, 2.45) is 0 Å². The molecule has 0 atom stereocenters. The van der Waals surface area contributed by atoms with Crippen molar-refractivity contribution in [3.63, 3.8) is 0 Å². The molecule has 0 radical (unpaired) electrons. The predicted molar refractivity (Wildman–Crippen MR) is 53.0 cm³/mol. The Morgan fingerprint density at radius 3 is 3.00 bits per heavy atom. The van der Waals surface area contributed by atoms with Crippen LogP contribution < -0.4 is 4.74 Å². The summed E-state index contributed by atoms with van der Waals surface area (Å²) in [6.07, 6.45) is 1.07. The molecule has 13 heavy (non-hydrogen) atoms. The number of nitrogens with zero attached hydrogens (tertiary/aromatic N) is 1. The maximum Gasteiger partial charge on any atom is 0.122 e. The fourth-order valence-corrected chi connectivity index (χ4v) is 1.78. The molecule has 1 heterocycles. The van der Waals surface area contributed by atoms with Crippen molar-refractivity contribution in [3.05, 3.63) is 29.3 Å². The maximum atomic E-state index is 5.50. The van der Waals surface area contributed by atoms with Crippen LogP contribution in [-0.4, -0.2) is 25.6 Å². The summed E-state index contributed by atoms with van der Waals surface area (Å²) in [5.74, 6) is 1.08. The first-order valence-electron chi connectivity index (χ1n) is 4.65. The number of fused-ring (bicyclic) bond motifs is 1. The summed E-state index contributed by atoms with van der Waals surface area (Å²) in [6.45, 7) is 1.85. The minimum atomic E-state index is 0.847. The third-order valence-electron chi connectivity index (χ3n) is 2.33. The molecular weight excluding hydrogens is 162 g/mol. The Kier molecular flexibility index (Phi) is 2.23. The third kappa shape index (κ3) is 1.68. The van der Waals surface area contributed by atoms with E-state index in [1.54, 1.807) is 0 Å². The van der Waals surface area contributed by atoms with Gasteiger partial charge < -0.3 is 9.64 Å². The van der Waals surface area contributed by atoms with Crippen molar-refractivity contribution in [1.29, 1.82) is 0 Å². The van der Waals surface area contributed by atoms with Crippen LogP contribution in [0.1, 0.15) is 11.1 Å². The monoisotopic (exact) mass is 177 g/mol. The molecule has 2 heteroatoms. The van der Waals surface area contributed by atoms with Crippen LogP contribution in [0.3, 0.4) is 0 Å². The fourth-order valence-electron chi connectivity index (χ4n) is 1.78. The molecule has 1 aromatic carbocycles. The Morgan fingerprint density at radius 2 is 2.23 bits per heavy atom. The third-order valence-corrected chi connectivity index (χ3v) is 2.33. The Hall–Kier alpha value is -1.02. The molecule has 0 fully saturated rings. The maximum absolute atomic E-state index is 5.50. The lowest BCUT2D eigenvalue weighted by Crippen LogP contribution is -2.11. The average Bonchev–Trinajstić information content (AvgIpc) is 2.51. The van der Waals surface area contributed by atoms with Crippen LogP contribution in [-0.2, 0) is 13.0 Å². The van der Waals surface area contributed by atoms with Crippen LogP contribution >= 0.6 is 0 Å². The average molecular weight is 177 g/mol. The van der Waals surface area contributed by atoms with Crippen LogP contribution in [0.2, 0.25) is 0 Å². The predicted octanol–water partition coefficient (Wildman–Crippen LogP) is 1.68. The first-order chi connectivity index (χ1) is 6.27. The van der Waals surface area contributed by atoms with E-state index in [-0.39, 0.29) is 0 Å². The van der Waals surface area contributed by atoms with Gasteiger partial charge in [-0.2, -0.15) is 0 Å². The Balaban J connectivity index is 2.30. The zero-order valence-electron chi connectivity index (χ0n) is 8.21. The summed E-state index contributed by atoms with van der Waals surface area (Å²) in [7, 11) is 4.18. The normalized spacial score (nSPS) is 14.4. The van der Waals surface area contributed by atoms with E-state index in [0.717, 1.165) is 25.3 Å². The van der Waals surface area contributed by atoms with Crippen molar-refractivity contribution >= 4 is 0 Å². The molecule has 1 aliphatic rings. The van der Waals surface area contributed by atoms with Gasteiger partial charge in [-0.15, -0.1) is 0 Å². The topological polar surface area (TPSA) is 12.5 Å². The lowest BCUT2D eigenvalue weighted by molar-refractivity contribution is 0.357. The molecule has 1 aromatic rings. The molecule has 0 unspecified atom stereocenters. The van der Waals surface area contributed by atoms with Gasteiger partial charge in [0, 0.05) is 18.5 Å². The summed E-state index contributed by atoms with van der Waals surface area (Å²) >= 11 is 0. The van der Waals surface area contributed by atoms with Crippen LogP contribution in [0.25, 0.3) is 0 Å². The largest absolute Gasteiger partial charge is 0.493 e. The molecule has 0 saturated heterocycles. The van der Waals surface area contributed by atoms with Crippen LogP contribution in [0.4, 0.5) is 0 Å². The van der Waals surface area contributed by atoms with Gasteiger partial charge in [-0.25, -0.2) is 0 Å². The highest BCUT2D eigenvalue weighted by atomic mass is 16.5. The number of ether oxygens (including phenoxy) is 1. The fraction of sp³-hybridized carbons (Fsp3) is 0.455. The van der Waals surface area contributed by atoms with E-state index in [4.69, 9.17) is 4.74 Å². The van der Waals surface area contributed by atoms with Gasteiger partial charge >= 0.3 is 0 Å². The quantitative estimate of drug-likeness (QED) is 0.681. The summed E-state index contributed by atoms with van der Waals surface area (Å²) in [5.41, 5.74) is 2.80. The van der Waals surface area contributed by atoms with E-state index in [0.29, 0.717) is 0 Å². The second-order valence-corrected chi connectivity index (χ2v) is 3.73. The molecule has 2 rings (SSSR count). The molecule has 0 amide bonds. The van der Waals surface area contributed by atoms with Gasteiger partial charge in [0.25, 0.3) is 0 Å². The van der Waals surface area contributed by atoms with E-state index < -0.39 is 0 Å². The van der Waals surface area contributed by atoms with E-state index in [2.05, 4.69) is 37.2 Å². The summed E-state index contributed by atoms with van der Waals surface area (Å²) in [5, 5.41) is 0. The van der Waals surface area contributed by atoms with Crippen LogP contribution in [0.15, 0.2) is 18.2 Å². The Labute approximate surface area is 79.1 Å². The molecular formula is C11H15NO. The van der Waals surface area contributed by atoms with Crippen molar-refractivity contribution in [2.75, 3.05) is 20.7 Å². The molecule has 0 aromatic heterocycles. The molecule has 0 N–H and O–H groups in total. The molecule has 70 valence electrons. The van der Waals surface area contributed by atoms with Gasteiger partial charge in [-0.1, -0.05) is 12.1 Å². The number of hydrogen-bond donors (Lipinski definition) is 0. The number of benzene rings is 1. The second-order valence-electron chi connectivity index (χ2n) is 3.73. The first kappa shape index (κ1) is 8.57. The molecule has 1 aliphatic heterocycles. The van der Waals surface area contributed by atoms with Crippen LogP contribution in [0, 0.1) is 0 Å². The summed E-state index contributed by atoms with van der Waals surface area (Å²) < 4.78 is 5.50. The van der Waals surface area contributed by atoms with Gasteiger partial charge in [0.05, 0.1) is 6.61 Å². The standard InChI is InChI=1S/C11H15NO/c1-12(2)8-9-4-3-5-11-10(9)6-7-13-11/h3-5H,6-8H2,1-2H3. The summed E-state index contributed by atoms with van der Waals surface area (Å²) in [6, 6.07) is 6.32. The zero-order chi connectivity index (χ0) is 9.26. The van der Waals surface area contributed by atoms with E-state index >= 15 is 0 Å². The van der Waals surface area contributed by atoms with Gasteiger partial charge in [0.15, 0.2) is 0 Å². The minimum Gasteiger partial charge on any atom is -0.493 e. The highest BCUT2D eigenvalue weighted by Gasteiger charge is 2.15. The lowest BCUT2D eigenvalue weighted by Gasteiger charge is -2.12. The molecule has 0 aliphatic carbocycles. The van der Waals surface area contributed by atoms with E-state index in [9.17, 15) is 0 Å². The Morgan fingerprint density at radius 1 is 1.38 bits per heavy atom. The van der Waals surface area contributed by atoms with Crippen molar-refractivity contribution < 1.29 is 4.74 Å². The molecule has 2 nitrogen and oxygen atoms in total. The molecule has 0 saturated carbocycles. The van der Waals surface area contributed by atoms with Crippen molar-refractivity contribution in [1.82, 2.24) is 4.90 Å². The van der Waals surface area contributed by atoms with Gasteiger partial charge in [-0.05, 0) is 25.7 Å². The first-order valence-corrected chi connectivity index (χ1v) is 4.65. The Bertz CT molecular complexity index is 307. The second kappa shape index (κ2) is 3.38. The van der Waals surface area contributed by atoms with Gasteiger partial charge in [0.2, 0.25) is 0 Å². The highest BCUT2D eigenvalue weighted by molar-refractivity contribution is 5.42. The molecule has 0 spiro atoms. The van der Waals surface area contributed by atoms with Crippen molar-refractivity contribution in [2.45, 2.75) is 13.0 Å². The summed E-state index contributed by atoms with van der Waals surface area (Å²) in [4.78, 5) is 2.19. The number of hydrogen-bond acceptors (Lipinski definition) is 2. The zero-order valence-corrected chi connectivity index (χ0v) is 8.21. The minimum absolute atomic E-state index is 0.847. The number of rotatable bonds is 2. The van der Waals surface area contributed by atoms with Gasteiger partial charge in [-0.3, -0.25) is 0 Å². The smallest absolute Gasteiger partial charge is 0.122 e. The lowest BCUT2D eigenvalue weighted by atomic mass is 10.1.